The number of nitrogens with zero attached hydrogens (tertiary/aromatic N) is 4. The zero-order chi connectivity index (χ0) is 16.1. The molecule has 0 saturated carbocycles. The van der Waals surface area contributed by atoms with E-state index in [1.807, 2.05) is 43.3 Å². The second kappa shape index (κ2) is 7.10. The summed E-state index contributed by atoms with van der Waals surface area (Å²) in [5, 5.41) is 14.9. The molecular weight excluding hydrogens is 314 g/mol. The van der Waals surface area contributed by atoms with Gasteiger partial charge in [0.2, 0.25) is 11.1 Å². The van der Waals surface area contributed by atoms with Crippen molar-refractivity contribution in [1.29, 1.82) is 0 Å². The van der Waals surface area contributed by atoms with Crippen molar-refractivity contribution in [2.75, 3.05) is 11.1 Å². The number of anilines is 1. The Kier molecular flexibility index (Phi) is 4.72. The van der Waals surface area contributed by atoms with Crippen molar-refractivity contribution >= 4 is 23.4 Å². The smallest absolute Gasteiger partial charge is 0.234 e. The summed E-state index contributed by atoms with van der Waals surface area (Å²) in [5.41, 5.74) is 1.88. The molecule has 0 aliphatic rings. The maximum Gasteiger partial charge on any atom is 0.234 e. The predicted octanol–water partition coefficient (Wildman–Crippen LogP) is 2.35. The van der Waals surface area contributed by atoms with Crippen molar-refractivity contribution in [3.63, 3.8) is 0 Å². The molecule has 3 rings (SSSR count). The highest BCUT2D eigenvalue weighted by Gasteiger charge is 2.11. The molecule has 23 heavy (non-hydrogen) atoms. The molecule has 1 aromatic carbocycles. The first-order valence-corrected chi connectivity index (χ1v) is 7.97. The van der Waals surface area contributed by atoms with Gasteiger partial charge >= 0.3 is 0 Å². The number of furan rings is 1. The zero-order valence-corrected chi connectivity index (χ0v) is 13.3. The first-order chi connectivity index (χ1) is 11.2. The minimum Gasteiger partial charge on any atom is -0.467 e. The fourth-order valence-corrected chi connectivity index (χ4v) is 2.68. The van der Waals surface area contributed by atoms with Crippen LogP contribution in [-0.2, 0) is 11.3 Å². The SMILES string of the molecule is Cc1cccc(NC(=O)CSc2nnnn2Cc2ccco2)c1. The predicted molar refractivity (Wildman–Crippen MR) is 86.2 cm³/mol. The second-order valence-electron chi connectivity index (χ2n) is 4.90. The van der Waals surface area contributed by atoms with Crippen LogP contribution in [0.2, 0.25) is 0 Å². The van der Waals surface area contributed by atoms with Gasteiger partial charge in [-0.05, 0) is 47.2 Å². The number of hydrogen-bond donors (Lipinski definition) is 1. The van der Waals surface area contributed by atoms with E-state index in [-0.39, 0.29) is 11.7 Å². The van der Waals surface area contributed by atoms with E-state index in [0.29, 0.717) is 11.7 Å². The Labute approximate surface area is 137 Å². The summed E-state index contributed by atoms with van der Waals surface area (Å²) in [5.74, 6) is 0.878. The number of nitrogens with one attached hydrogen (secondary N) is 1. The fraction of sp³-hybridized carbons (Fsp3) is 0.200. The molecule has 3 aromatic rings. The third kappa shape index (κ3) is 4.19. The van der Waals surface area contributed by atoms with E-state index < -0.39 is 0 Å². The molecule has 0 atom stereocenters. The van der Waals surface area contributed by atoms with Crippen molar-refractivity contribution in [1.82, 2.24) is 20.2 Å². The van der Waals surface area contributed by atoms with Crippen LogP contribution < -0.4 is 5.32 Å². The lowest BCUT2D eigenvalue weighted by Crippen LogP contribution is -2.15. The first kappa shape index (κ1) is 15.3. The van der Waals surface area contributed by atoms with Crippen molar-refractivity contribution in [2.24, 2.45) is 0 Å². The molecule has 0 spiro atoms. The van der Waals surface area contributed by atoms with E-state index in [4.69, 9.17) is 4.42 Å². The topological polar surface area (TPSA) is 85.8 Å². The number of aryl methyl sites for hydroxylation is 1. The highest BCUT2D eigenvalue weighted by Crippen LogP contribution is 2.16. The molecule has 0 bridgehead atoms. The summed E-state index contributed by atoms with van der Waals surface area (Å²) in [6.07, 6.45) is 1.60. The molecule has 0 aliphatic heterocycles. The summed E-state index contributed by atoms with van der Waals surface area (Å²) >= 11 is 1.28. The van der Waals surface area contributed by atoms with E-state index >= 15 is 0 Å². The maximum atomic E-state index is 12.0. The van der Waals surface area contributed by atoms with Crippen LogP contribution in [0.1, 0.15) is 11.3 Å². The molecule has 0 saturated heterocycles. The number of carbonyl (C=O) groups is 1. The van der Waals surface area contributed by atoms with E-state index in [0.717, 1.165) is 17.0 Å². The molecule has 0 radical (unpaired) electrons. The molecule has 8 heteroatoms. The lowest BCUT2D eigenvalue weighted by Gasteiger charge is -2.06. The molecule has 0 unspecified atom stereocenters. The molecule has 1 N–H and O–H groups in total. The standard InChI is InChI=1S/C15H15N5O2S/c1-11-4-2-5-12(8-11)16-14(21)10-23-15-17-18-19-20(15)9-13-6-3-7-22-13/h2-8H,9-10H2,1H3,(H,16,21). The first-order valence-electron chi connectivity index (χ1n) is 6.98. The Morgan fingerprint density at radius 2 is 2.26 bits per heavy atom. The van der Waals surface area contributed by atoms with Gasteiger partial charge in [-0.25, -0.2) is 4.68 Å². The summed E-state index contributed by atoms with van der Waals surface area (Å²) < 4.78 is 6.87. The Morgan fingerprint density at radius 3 is 3.04 bits per heavy atom. The quantitative estimate of drug-likeness (QED) is 0.699. The van der Waals surface area contributed by atoms with Crippen molar-refractivity contribution in [3.8, 4) is 0 Å². The van der Waals surface area contributed by atoms with Crippen LogP contribution in [0.4, 0.5) is 5.69 Å². The normalized spacial score (nSPS) is 10.7. The van der Waals surface area contributed by atoms with Crippen molar-refractivity contribution in [2.45, 2.75) is 18.6 Å². The van der Waals surface area contributed by atoms with Gasteiger partial charge in [0.05, 0.1) is 12.0 Å². The van der Waals surface area contributed by atoms with Crippen LogP contribution in [0.25, 0.3) is 0 Å². The van der Waals surface area contributed by atoms with Gasteiger partial charge in [-0.15, -0.1) is 5.10 Å². The van der Waals surface area contributed by atoms with Gasteiger partial charge in [0.15, 0.2) is 0 Å². The molecule has 2 aromatic heterocycles. The Morgan fingerprint density at radius 1 is 1.35 bits per heavy atom. The molecule has 1 amide bonds. The minimum atomic E-state index is -0.104. The zero-order valence-electron chi connectivity index (χ0n) is 12.5. The van der Waals surface area contributed by atoms with Crippen molar-refractivity contribution in [3.05, 3.63) is 54.0 Å². The largest absolute Gasteiger partial charge is 0.467 e. The Bertz CT molecular complexity index is 785. The lowest BCUT2D eigenvalue weighted by molar-refractivity contribution is -0.113. The van der Waals surface area contributed by atoms with Crippen LogP contribution >= 0.6 is 11.8 Å². The maximum absolute atomic E-state index is 12.0. The molecule has 118 valence electrons. The highest BCUT2D eigenvalue weighted by atomic mass is 32.2. The van der Waals surface area contributed by atoms with Gasteiger partial charge in [0.1, 0.15) is 12.3 Å². The van der Waals surface area contributed by atoms with E-state index in [1.54, 1.807) is 10.9 Å². The van der Waals surface area contributed by atoms with Crippen LogP contribution in [0.5, 0.6) is 0 Å². The highest BCUT2D eigenvalue weighted by molar-refractivity contribution is 7.99. The third-order valence-electron chi connectivity index (χ3n) is 3.02. The summed E-state index contributed by atoms with van der Waals surface area (Å²) in [6.45, 7) is 2.41. The number of amides is 1. The lowest BCUT2D eigenvalue weighted by atomic mass is 10.2. The van der Waals surface area contributed by atoms with E-state index in [1.165, 1.54) is 11.8 Å². The average Bonchev–Trinajstić information content (AvgIpc) is 3.18. The number of aromatic nitrogens is 4. The van der Waals surface area contributed by atoms with Gasteiger partial charge in [0, 0.05) is 5.69 Å². The third-order valence-corrected chi connectivity index (χ3v) is 3.98. The number of tetrazole rings is 1. The molecule has 0 fully saturated rings. The van der Waals surface area contributed by atoms with Crippen LogP contribution in [0, 0.1) is 6.92 Å². The monoisotopic (exact) mass is 329 g/mol. The second-order valence-corrected chi connectivity index (χ2v) is 5.85. The number of carbonyl (C=O) groups excluding carboxylic acids is 1. The van der Waals surface area contributed by atoms with Crippen LogP contribution in [0.15, 0.2) is 52.2 Å². The van der Waals surface area contributed by atoms with Gasteiger partial charge in [-0.3, -0.25) is 4.79 Å². The van der Waals surface area contributed by atoms with E-state index in [2.05, 4.69) is 20.8 Å². The van der Waals surface area contributed by atoms with Crippen LogP contribution in [-0.4, -0.2) is 31.9 Å². The number of benzene rings is 1. The van der Waals surface area contributed by atoms with E-state index in [9.17, 15) is 4.79 Å². The Hall–Kier alpha value is -2.61. The van der Waals surface area contributed by atoms with Crippen LogP contribution in [0.3, 0.4) is 0 Å². The molecule has 2 heterocycles. The molecule has 0 aliphatic carbocycles. The van der Waals surface area contributed by atoms with Gasteiger partial charge in [-0.1, -0.05) is 23.9 Å². The number of rotatable bonds is 6. The van der Waals surface area contributed by atoms with Crippen molar-refractivity contribution < 1.29 is 9.21 Å². The van der Waals surface area contributed by atoms with Gasteiger partial charge in [0.25, 0.3) is 0 Å². The van der Waals surface area contributed by atoms with Gasteiger partial charge < -0.3 is 9.73 Å². The van der Waals surface area contributed by atoms with Gasteiger partial charge in [-0.2, -0.15) is 0 Å². The number of thioether (sulfide) groups is 1. The average molecular weight is 329 g/mol. The Balaban J connectivity index is 1.56. The number of hydrogen-bond acceptors (Lipinski definition) is 6. The fourth-order valence-electron chi connectivity index (χ4n) is 2.00. The summed E-state index contributed by atoms with van der Waals surface area (Å²) in [4.78, 5) is 12.0. The summed E-state index contributed by atoms with van der Waals surface area (Å²) in [6, 6.07) is 11.3. The molecule has 7 nitrogen and oxygen atoms in total. The minimum absolute atomic E-state index is 0.104. The summed E-state index contributed by atoms with van der Waals surface area (Å²) in [7, 11) is 0. The molecular formula is C15H15N5O2S.